The van der Waals surface area contributed by atoms with Crippen molar-refractivity contribution in [3.05, 3.63) is 69.2 Å². The predicted octanol–water partition coefficient (Wildman–Crippen LogP) is 5.88. The lowest BCUT2D eigenvalue weighted by molar-refractivity contribution is 1.18. The van der Waals surface area contributed by atoms with Gasteiger partial charge in [-0.25, -0.2) is 9.97 Å². The molecule has 0 radical (unpaired) electrons. The van der Waals surface area contributed by atoms with Gasteiger partial charge >= 0.3 is 0 Å². The molecule has 21 heavy (non-hydrogen) atoms. The summed E-state index contributed by atoms with van der Waals surface area (Å²) in [7, 11) is 0. The molecule has 0 N–H and O–H groups in total. The molecule has 0 amide bonds. The number of halogens is 3. The molecule has 0 aliphatic heterocycles. The average molecular weight is 380 g/mol. The van der Waals surface area contributed by atoms with Crippen LogP contribution in [0.5, 0.6) is 0 Å². The molecule has 0 unspecified atom stereocenters. The molecule has 0 saturated heterocycles. The van der Waals surface area contributed by atoms with E-state index < -0.39 is 0 Å². The van der Waals surface area contributed by atoms with Gasteiger partial charge in [-0.2, -0.15) is 0 Å². The molecule has 104 valence electrons. The Kier molecular flexibility index (Phi) is 4.24. The van der Waals surface area contributed by atoms with Crippen molar-refractivity contribution in [3.63, 3.8) is 0 Å². The highest BCUT2D eigenvalue weighted by Gasteiger charge is 2.10. The number of rotatable bonds is 2. The molecule has 0 bridgehead atoms. The van der Waals surface area contributed by atoms with E-state index in [1.165, 1.54) is 0 Å². The summed E-state index contributed by atoms with van der Waals surface area (Å²) >= 11 is 15.6. The van der Waals surface area contributed by atoms with Gasteiger partial charge in [0.2, 0.25) is 0 Å². The van der Waals surface area contributed by atoms with E-state index in [1.807, 2.05) is 42.5 Å². The maximum atomic E-state index is 6.14. The average Bonchev–Trinajstić information content (AvgIpc) is 2.47. The summed E-state index contributed by atoms with van der Waals surface area (Å²) in [4.78, 5) is 8.90. The molecule has 3 rings (SSSR count). The smallest absolute Gasteiger partial charge is 0.162 e. The molecule has 5 heteroatoms. The summed E-state index contributed by atoms with van der Waals surface area (Å²) in [6.07, 6.45) is 0. The fourth-order valence-electron chi connectivity index (χ4n) is 1.97. The maximum absolute atomic E-state index is 6.14. The fourth-order valence-corrected chi connectivity index (χ4v) is 3.01. The van der Waals surface area contributed by atoms with Gasteiger partial charge in [0.1, 0.15) is 5.15 Å². The third kappa shape index (κ3) is 3.26. The van der Waals surface area contributed by atoms with Gasteiger partial charge in [0, 0.05) is 26.7 Å². The van der Waals surface area contributed by atoms with E-state index in [4.69, 9.17) is 23.2 Å². The maximum Gasteiger partial charge on any atom is 0.162 e. The van der Waals surface area contributed by atoms with Crippen LogP contribution >= 0.6 is 39.1 Å². The third-order valence-electron chi connectivity index (χ3n) is 2.94. The zero-order valence-corrected chi connectivity index (χ0v) is 13.8. The van der Waals surface area contributed by atoms with Crippen molar-refractivity contribution in [2.75, 3.05) is 0 Å². The molecule has 1 heterocycles. The van der Waals surface area contributed by atoms with Gasteiger partial charge in [-0.05, 0) is 34.1 Å². The Morgan fingerprint density at radius 3 is 2.33 bits per heavy atom. The summed E-state index contributed by atoms with van der Waals surface area (Å²) in [6, 6.07) is 17.1. The highest BCUT2D eigenvalue weighted by molar-refractivity contribution is 9.10. The Morgan fingerprint density at radius 1 is 0.857 bits per heavy atom. The molecule has 2 aromatic carbocycles. The van der Waals surface area contributed by atoms with Gasteiger partial charge in [0.15, 0.2) is 5.82 Å². The second-order valence-corrected chi connectivity index (χ2v) is 6.07. The molecular weight excluding hydrogens is 371 g/mol. The van der Waals surface area contributed by atoms with Crippen molar-refractivity contribution in [1.82, 2.24) is 9.97 Å². The Labute approximate surface area is 140 Å². The van der Waals surface area contributed by atoms with Gasteiger partial charge in [0.05, 0.1) is 5.69 Å². The predicted molar refractivity (Wildman–Crippen MR) is 90.6 cm³/mol. The van der Waals surface area contributed by atoms with E-state index in [0.29, 0.717) is 16.0 Å². The molecule has 1 aromatic heterocycles. The molecule has 0 fully saturated rings. The van der Waals surface area contributed by atoms with Crippen LogP contribution in [-0.2, 0) is 0 Å². The largest absolute Gasteiger partial charge is 0.228 e. The first-order chi connectivity index (χ1) is 10.1. The second kappa shape index (κ2) is 6.14. The molecule has 0 saturated carbocycles. The third-order valence-corrected chi connectivity index (χ3v) is 4.02. The van der Waals surface area contributed by atoms with E-state index in [1.54, 1.807) is 12.1 Å². The Balaban J connectivity index is 2.14. The molecule has 0 spiro atoms. The first-order valence-electron chi connectivity index (χ1n) is 6.19. The van der Waals surface area contributed by atoms with Crippen LogP contribution in [0.1, 0.15) is 0 Å². The van der Waals surface area contributed by atoms with Gasteiger partial charge in [0.25, 0.3) is 0 Å². The number of benzene rings is 2. The van der Waals surface area contributed by atoms with E-state index >= 15 is 0 Å². The van der Waals surface area contributed by atoms with Crippen LogP contribution in [0.2, 0.25) is 10.2 Å². The van der Waals surface area contributed by atoms with Crippen LogP contribution in [0.4, 0.5) is 0 Å². The van der Waals surface area contributed by atoms with E-state index in [-0.39, 0.29) is 0 Å². The zero-order valence-electron chi connectivity index (χ0n) is 10.7. The van der Waals surface area contributed by atoms with Gasteiger partial charge in [-0.15, -0.1) is 0 Å². The van der Waals surface area contributed by atoms with Crippen molar-refractivity contribution in [2.24, 2.45) is 0 Å². The molecular formula is C16H9BrCl2N2. The fraction of sp³-hybridized carbons (Fsp3) is 0. The lowest BCUT2D eigenvalue weighted by Crippen LogP contribution is -1.93. The number of nitrogens with zero attached hydrogens (tertiary/aromatic N) is 2. The zero-order chi connectivity index (χ0) is 14.8. The monoisotopic (exact) mass is 378 g/mol. The highest BCUT2D eigenvalue weighted by atomic mass is 79.9. The minimum absolute atomic E-state index is 0.403. The van der Waals surface area contributed by atoms with Crippen LogP contribution in [0.3, 0.4) is 0 Å². The summed E-state index contributed by atoms with van der Waals surface area (Å²) in [5.41, 5.74) is 2.62. The van der Waals surface area contributed by atoms with Crippen LogP contribution in [-0.4, -0.2) is 9.97 Å². The molecule has 0 aliphatic carbocycles. The van der Waals surface area contributed by atoms with Gasteiger partial charge in [-0.1, -0.05) is 53.5 Å². The number of hydrogen-bond acceptors (Lipinski definition) is 2. The standard InChI is InChI=1S/C16H9BrCl2N2/c17-13-8-11(18)6-7-12(13)16-20-14(9-15(19)21-16)10-4-2-1-3-5-10/h1-9H. The first kappa shape index (κ1) is 14.5. The summed E-state index contributed by atoms with van der Waals surface area (Å²) < 4.78 is 0.830. The van der Waals surface area contributed by atoms with Crippen molar-refractivity contribution in [2.45, 2.75) is 0 Å². The van der Waals surface area contributed by atoms with Crippen molar-refractivity contribution in [1.29, 1.82) is 0 Å². The minimum atomic E-state index is 0.403. The van der Waals surface area contributed by atoms with E-state index in [9.17, 15) is 0 Å². The molecule has 0 aliphatic rings. The number of hydrogen-bond donors (Lipinski definition) is 0. The molecule has 2 nitrogen and oxygen atoms in total. The van der Waals surface area contributed by atoms with E-state index in [0.717, 1.165) is 21.3 Å². The first-order valence-corrected chi connectivity index (χ1v) is 7.74. The second-order valence-electron chi connectivity index (χ2n) is 4.39. The number of aromatic nitrogens is 2. The van der Waals surface area contributed by atoms with Crippen LogP contribution < -0.4 is 0 Å². The lowest BCUT2D eigenvalue weighted by atomic mass is 10.1. The van der Waals surface area contributed by atoms with Crippen molar-refractivity contribution >= 4 is 39.1 Å². The van der Waals surface area contributed by atoms with E-state index in [2.05, 4.69) is 25.9 Å². The summed E-state index contributed by atoms with van der Waals surface area (Å²) in [5, 5.41) is 1.05. The Hall–Kier alpha value is -1.42. The van der Waals surface area contributed by atoms with Crippen LogP contribution in [0.25, 0.3) is 22.6 Å². The van der Waals surface area contributed by atoms with Gasteiger partial charge < -0.3 is 0 Å². The Bertz CT molecular complexity index is 792. The topological polar surface area (TPSA) is 25.8 Å². The lowest BCUT2D eigenvalue weighted by Gasteiger charge is -2.07. The quantitative estimate of drug-likeness (QED) is 0.519. The Morgan fingerprint density at radius 2 is 1.62 bits per heavy atom. The SMILES string of the molecule is Clc1ccc(-c2nc(Cl)cc(-c3ccccc3)n2)c(Br)c1. The van der Waals surface area contributed by atoms with Crippen LogP contribution in [0, 0.1) is 0 Å². The molecule has 3 aromatic rings. The normalized spacial score (nSPS) is 10.6. The van der Waals surface area contributed by atoms with Crippen molar-refractivity contribution in [3.8, 4) is 22.6 Å². The minimum Gasteiger partial charge on any atom is -0.228 e. The van der Waals surface area contributed by atoms with Crippen LogP contribution in [0.15, 0.2) is 59.1 Å². The molecule has 0 atom stereocenters. The van der Waals surface area contributed by atoms with Gasteiger partial charge in [-0.3, -0.25) is 0 Å². The summed E-state index contributed by atoms with van der Waals surface area (Å²) in [5.74, 6) is 0.560. The van der Waals surface area contributed by atoms with Crippen molar-refractivity contribution < 1.29 is 0 Å². The highest BCUT2D eigenvalue weighted by Crippen LogP contribution is 2.31. The summed E-state index contributed by atoms with van der Waals surface area (Å²) in [6.45, 7) is 0.